The summed E-state index contributed by atoms with van der Waals surface area (Å²) >= 11 is 3.61. The highest BCUT2D eigenvalue weighted by molar-refractivity contribution is 9.10. The van der Waals surface area contributed by atoms with Gasteiger partial charge in [-0.3, -0.25) is 0 Å². The quantitative estimate of drug-likeness (QED) is 0.476. The van der Waals surface area contributed by atoms with Gasteiger partial charge >= 0.3 is 11.9 Å². The van der Waals surface area contributed by atoms with Crippen LogP contribution >= 0.6 is 15.9 Å². The van der Waals surface area contributed by atoms with Gasteiger partial charge in [0.15, 0.2) is 0 Å². The summed E-state index contributed by atoms with van der Waals surface area (Å²) in [6.45, 7) is 0. The Morgan fingerprint density at radius 3 is 2.42 bits per heavy atom. The third kappa shape index (κ3) is 3.79. The van der Waals surface area contributed by atoms with Gasteiger partial charge in [0.2, 0.25) is 0 Å². The summed E-state index contributed by atoms with van der Waals surface area (Å²) in [5.41, 5.74) is 1.07. The maximum Gasteiger partial charge on any atom is 0.337 e. The number of anilines is 1. The molecule has 0 radical (unpaired) electrons. The molecule has 0 fully saturated rings. The average Bonchev–Trinajstić information content (AvgIpc) is 3.38. The van der Waals surface area contributed by atoms with Crippen LogP contribution < -0.4 is 5.32 Å². The van der Waals surface area contributed by atoms with Gasteiger partial charge in [-0.15, -0.1) is 0 Å². The smallest absolute Gasteiger partial charge is 0.337 e. The van der Waals surface area contributed by atoms with Gasteiger partial charge in [-0.2, -0.15) is 0 Å². The Labute approximate surface area is 189 Å². The van der Waals surface area contributed by atoms with E-state index >= 15 is 0 Å². The summed E-state index contributed by atoms with van der Waals surface area (Å²) in [7, 11) is 2.58. The molecule has 7 heteroatoms. The number of fused-ring (bicyclic) bond motifs is 2. The zero-order valence-electron chi connectivity index (χ0n) is 17.1. The predicted molar refractivity (Wildman–Crippen MR) is 120 cm³/mol. The van der Waals surface area contributed by atoms with Gasteiger partial charge < -0.3 is 19.5 Å². The van der Waals surface area contributed by atoms with E-state index in [9.17, 15) is 9.59 Å². The van der Waals surface area contributed by atoms with Crippen LogP contribution in [0.15, 0.2) is 82.4 Å². The Kier molecular flexibility index (Phi) is 5.98. The number of hydrogen-bond acceptors (Lipinski definition) is 6. The molecule has 3 atom stereocenters. The molecule has 2 aromatic carbocycles. The SMILES string of the molecule is COC(=O)C1=C(C(=O)OC)C2(C(Cc3ccccc3Br)Nc3ccccc3)C=CC1O2. The van der Waals surface area contributed by atoms with Crippen LogP contribution in [-0.4, -0.2) is 43.9 Å². The minimum absolute atomic E-state index is 0.176. The van der Waals surface area contributed by atoms with Crippen molar-refractivity contribution in [2.45, 2.75) is 24.2 Å². The Bertz CT molecular complexity index is 1060. The zero-order valence-corrected chi connectivity index (χ0v) is 18.7. The highest BCUT2D eigenvalue weighted by Crippen LogP contribution is 2.47. The van der Waals surface area contributed by atoms with Crippen LogP contribution in [0.2, 0.25) is 0 Å². The lowest BCUT2D eigenvalue weighted by Crippen LogP contribution is -2.49. The van der Waals surface area contributed by atoms with E-state index in [-0.39, 0.29) is 11.1 Å². The van der Waals surface area contributed by atoms with E-state index in [1.54, 1.807) is 6.08 Å². The van der Waals surface area contributed by atoms with Crippen LogP contribution in [0.3, 0.4) is 0 Å². The van der Waals surface area contributed by atoms with Crippen LogP contribution in [0.4, 0.5) is 5.69 Å². The highest BCUT2D eigenvalue weighted by atomic mass is 79.9. The molecule has 0 aliphatic carbocycles. The zero-order chi connectivity index (χ0) is 22.0. The van der Waals surface area contributed by atoms with Crippen molar-refractivity contribution in [1.29, 1.82) is 0 Å². The first-order chi connectivity index (χ1) is 15.0. The van der Waals surface area contributed by atoms with Gasteiger partial charge in [-0.25, -0.2) is 9.59 Å². The van der Waals surface area contributed by atoms with Crippen molar-refractivity contribution in [3.8, 4) is 0 Å². The first-order valence-corrected chi connectivity index (χ1v) is 10.6. The highest BCUT2D eigenvalue weighted by Gasteiger charge is 2.58. The molecule has 2 bridgehead atoms. The van der Waals surface area contributed by atoms with Crippen molar-refractivity contribution >= 4 is 33.6 Å². The fourth-order valence-electron chi connectivity index (χ4n) is 4.17. The Morgan fingerprint density at radius 1 is 1.06 bits per heavy atom. The minimum atomic E-state index is -1.19. The third-order valence-electron chi connectivity index (χ3n) is 5.59. The van der Waals surface area contributed by atoms with Crippen LogP contribution in [0.5, 0.6) is 0 Å². The normalized spacial score (nSPS) is 22.4. The number of para-hydroxylation sites is 1. The number of hydrogen-bond donors (Lipinski definition) is 1. The molecule has 6 nitrogen and oxygen atoms in total. The summed E-state index contributed by atoms with van der Waals surface area (Å²) < 4.78 is 17.3. The van der Waals surface area contributed by atoms with Gasteiger partial charge in [0.25, 0.3) is 0 Å². The molecule has 2 heterocycles. The van der Waals surface area contributed by atoms with E-state index in [1.807, 2.05) is 60.7 Å². The van der Waals surface area contributed by atoms with Crippen LogP contribution in [-0.2, 0) is 30.2 Å². The number of benzene rings is 2. The number of carbonyl (C=O) groups excluding carboxylic acids is 2. The Hall–Kier alpha value is -2.90. The second kappa shape index (κ2) is 8.69. The van der Waals surface area contributed by atoms with Crippen molar-refractivity contribution in [1.82, 2.24) is 0 Å². The number of halogens is 1. The van der Waals surface area contributed by atoms with E-state index in [2.05, 4.69) is 21.2 Å². The Balaban J connectivity index is 1.83. The third-order valence-corrected chi connectivity index (χ3v) is 6.37. The van der Waals surface area contributed by atoms with Crippen molar-refractivity contribution in [3.63, 3.8) is 0 Å². The fourth-order valence-corrected chi connectivity index (χ4v) is 4.62. The van der Waals surface area contributed by atoms with E-state index in [4.69, 9.17) is 14.2 Å². The summed E-state index contributed by atoms with van der Waals surface area (Å²) in [5, 5.41) is 3.51. The molecule has 0 amide bonds. The van der Waals surface area contributed by atoms with E-state index in [0.717, 1.165) is 15.7 Å². The first-order valence-electron chi connectivity index (χ1n) is 9.83. The molecule has 31 heavy (non-hydrogen) atoms. The van der Waals surface area contributed by atoms with Crippen LogP contribution in [0, 0.1) is 0 Å². The lowest BCUT2D eigenvalue weighted by molar-refractivity contribution is -0.139. The minimum Gasteiger partial charge on any atom is -0.466 e. The van der Waals surface area contributed by atoms with Crippen molar-refractivity contribution in [2.24, 2.45) is 0 Å². The summed E-state index contributed by atoms with van der Waals surface area (Å²) in [4.78, 5) is 25.4. The summed E-state index contributed by atoms with van der Waals surface area (Å²) in [6, 6.07) is 17.1. The molecule has 1 N–H and O–H groups in total. The largest absolute Gasteiger partial charge is 0.466 e. The van der Waals surface area contributed by atoms with Crippen molar-refractivity contribution in [2.75, 3.05) is 19.5 Å². The number of carbonyl (C=O) groups is 2. The first kappa shape index (κ1) is 21.3. The van der Waals surface area contributed by atoms with E-state index < -0.39 is 29.7 Å². The Morgan fingerprint density at radius 2 is 1.74 bits per heavy atom. The molecule has 2 aromatic rings. The molecule has 3 unspecified atom stereocenters. The van der Waals surface area contributed by atoms with Gasteiger partial charge in [-0.1, -0.05) is 58.4 Å². The standard InChI is InChI=1S/C24H22BrNO5/c1-29-22(27)20-18-12-13-24(31-18,21(20)23(28)30-2)19(26-16-9-4-3-5-10-16)14-15-8-6-7-11-17(15)25/h3-13,18-19,26H,14H2,1-2H3. The number of ether oxygens (including phenoxy) is 3. The summed E-state index contributed by atoms with van der Waals surface area (Å²) in [5.74, 6) is -1.21. The number of nitrogens with one attached hydrogen (secondary N) is 1. The maximum absolute atomic E-state index is 12.9. The molecule has 0 spiro atoms. The molecule has 2 aliphatic heterocycles. The van der Waals surface area contributed by atoms with Crippen LogP contribution in [0.1, 0.15) is 5.56 Å². The number of rotatable bonds is 7. The number of methoxy groups -OCH3 is 2. The topological polar surface area (TPSA) is 73.9 Å². The molecular weight excluding hydrogens is 462 g/mol. The van der Waals surface area contributed by atoms with Crippen molar-refractivity contribution < 1.29 is 23.8 Å². The van der Waals surface area contributed by atoms with Crippen LogP contribution in [0.25, 0.3) is 0 Å². The van der Waals surface area contributed by atoms with Gasteiger partial charge in [-0.05, 0) is 36.3 Å². The second-order valence-electron chi connectivity index (χ2n) is 7.32. The molecule has 0 saturated carbocycles. The number of esters is 2. The molecule has 160 valence electrons. The van der Waals surface area contributed by atoms with Gasteiger partial charge in [0.1, 0.15) is 11.7 Å². The second-order valence-corrected chi connectivity index (χ2v) is 8.18. The van der Waals surface area contributed by atoms with E-state index in [0.29, 0.717) is 6.42 Å². The monoisotopic (exact) mass is 483 g/mol. The van der Waals surface area contributed by atoms with Gasteiger partial charge in [0, 0.05) is 10.2 Å². The summed E-state index contributed by atoms with van der Waals surface area (Å²) in [6.07, 6.45) is 3.48. The van der Waals surface area contributed by atoms with Gasteiger partial charge in [0.05, 0.1) is 31.4 Å². The fraction of sp³-hybridized carbons (Fsp3) is 0.250. The molecule has 0 saturated heterocycles. The lowest BCUT2D eigenvalue weighted by Gasteiger charge is -2.36. The lowest BCUT2D eigenvalue weighted by atomic mass is 9.79. The molecular formula is C24H22BrNO5. The molecule has 0 aromatic heterocycles. The van der Waals surface area contributed by atoms with E-state index in [1.165, 1.54) is 14.2 Å². The molecule has 4 rings (SSSR count). The average molecular weight is 484 g/mol. The maximum atomic E-state index is 12.9. The molecule has 2 aliphatic rings. The predicted octanol–water partition coefficient (Wildman–Crippen LogP) is 3.82. The van der Waals surface area contributed by atoms with Crippen molar-refractivity contribution in [3.05, 3.63) is 87.9 Å².